The smallest absolute Gasteiger partial charge is 0.137 e. The fourth-order valence-corrected chi connectivity index (χ4v) is 2.78. The van der Waals surface area contributed by atoms with Crippen LogP contribution in [0.15, 0.2) is 12.7 Å². The maximum Gasteiger partial charge on any atom is 0.137 e. The SMILES string of the molecule is CCCCCCC(CCCC)C(C)Cn1cncn1. The summed E-state index contributed by atoms with van der Waals surface area (Å²) in [6, 6.07) is 0. The Hall–Kier alpha value is -0.860. The van der Waals surface area contributed by atoms with Crippen LogP contribution in [0.25, 0.3) is 0 Å². The minimum atomic E-state index is 0.704. The van der Waals surface area contributed by atoms with E-state index in [9.17, 15) is 0 Å². The van der Waals surface area contributed by atoms with E-state index in [0.29, 0.717) is 5.92 Å². The molecule has 2 atom stereocenters. The van der Waals surface area contributed by atoms with Crippen LogP contribution in [-0.4, -0.2) is 14.8 Å². The summed E-state index contributed by atoms with van der Waals surface area (Å²) in [7, 11) is 0. The fraction of sp³-hybridized carbons (Fsp3) is 0.875. The maximum absolute atomic E-state index is 4.23. The lowest BCUT2D eigenvalue weighted by Gasteiger charge is -2.24. The Labute approximate surface area is 118 Å². The molecular formula is C16H31N3. The number of rotatable bonds is 11. The van der Waals surface area contributed by atoms with Gasteiger partial charge in [-0.3, -0.25) is 4.68 Å². The molecule has 0 fully saturated rings. The third-order valence-corrected chi connectivity index (χ3v) is 4.10. The average Bonchev–Trinajstić information content (AvgIpc) is 2.90. The molecule has 0 aromatic carbocycles. The molecule has 0 N–H and O–H groups in total. The summed E-state index contributed by atoms with van der Waals surface area (Å²) in [5, 5.41) is 4.23. The Bertz CT molecular complexity index is 295. The van der Waals surface area contributed by atoms with Crippen molar-refractivity contribution in [2.45, 2.75) is 78.7 Å². The summed E-state index contributed by atoms with van der Waals surface area (Å²) < 4.78 is 1.98. The first-order valence-electron chi connectivity index (χ1n) is 8.10. The highest BCUT2D eigenvalue weighted by atomic mass is 15.3. The molecule has 0 saturated heterocycles. The first kappa shape index (κ1) is 16.2. The molecule has 1 heterocycles. The molecule has 3 heteroatoms. The quantitative estimate of drug-likeness (QED) is 0.543. The summed E-state index contributed by atoms with van der Waals surface area (Å²) in [5.74, 6) is 1.55. The van der Waals surface area contributed by atoms with Crippen LogP contribution in [0.2, 0.25) is 0 Å². The minimum absolute atomic E-state index is 0.704. The Morgan fingerprint density at radius 2 is 1.74 bits per heavy atom. The lowest BCUT2D eigenvalue weighted by Crippen LogP contribution is -2.18. The fourth-order valence-electron chi connectivity index (χ4n) is 2.78. The summed E-state index contributed by atoms with van der Waals surface area (Å²) in [5.41, 5.74) is 0. The zero-order valence-electron chi connectivity index (χ0n) is 13.0. The van der Waals surface area contributed by atoms with Crippen molar-refractivity contribution in [2.24, 2.45) is 11.8 Å². The second-order valence-corrected chi connectivity index (χ2v) is 5.85. The van der Waals surface area contributed by atoms with E-state index < -0.39 is 0 Å². The predicted molar refractivity (Wildman–Crippen MR) is 81.0 cm³/mol. The van der Waals surface area contributed by atoms with Crippen molar-refractivity contribution in [2.75, 3.05) is 0 Å². The monoisotopic (exact) mass is 265 g/mol. The molecule has 1 aromatic rings. The summed E-state index contributed by atoms with van der Waals surface area (Å²) in [4.78, 5) is 4.04. The van der Waals surface area contributed by atoms with Crippen LogP contribution in [0.5, 0.6) is 0 Å². The molecule has 0 saturated carbocycles. The van der Waals surface area contributed by atoms with Crippen LogP contribution >= 0.6 is 0 Å². The van der Waals surface area contributed by atoms with Crippen LogP contribution in [-0.2, 0) is 6.54 Å². The van der Waals surface area contributed by atoms with E-state index in [0.717, 1.165) is 12.5 Å². The Morgan fingerprint density at radius 3 is 2.37 bits per heavy atom. The third-order valence-electron chi connectivity index (χ3n) is 4.10. The van der Waals surface area contributed by atoms with E-state index in [1.165, 1.54) is 51.4 Å². The van der Waals surface area contributed by atoms with Gasteiger partial charge in [0.15, 0.2) is 0 Å². The van der Waals surface area contributed by atoms with Gasteiger partial charge in [0.25, 0.3) is 0 Å². The highest BCUT2D eigenvalue weighted by Gasteiger charge is 2.17. The molecule has 0 aliphatic heterocycles. The van der Waals surface area contributed by atoms with Crippen molar-refractivity contribution in [3.63, 3.8) is 0 Å². The van der Waals surface area contributed by atoms with Gasteiger partial charge >= 0.3 is 0 Å². The van der Waals surface area contributed by atoms with Gasteiger partial charge in [-0.05, 0) is 11.8 Å². The van der Waals surface area contributed by atoms with Crippen LogP contribution in [0.3, 0.4) is 0 Å². The standard InChI is InChI=1S/C16H31N3/c1-4-6-8-9-11-16(10-7-5-2)15(3)12-19-14-17-13-18-19/h13-16H,4-12H2,1-3H3. The molecule has 0 aliphatic carbocycles. The Morgan fingerprint density at radius 1 is 1.00 bits per heavy atom. The van der Waals surface area contributed by atoms with E-state index in [1.54, 1.807) is 6.33 Å². The number of unbranched alkanes of at least 4 members (excludes halogenated alkanes) is 4. The molecule has 0 aliphatic rings. The van der Waals surface area contributed by atoms with Crippen molar-refractivity contribution < 1.29 is 0 Å². The highest BCUT2D eigenvalue weighted by molar-refractivity contribution is 4.69. The number of hydrogen-bond donors (Lipinski definition) is 0. The van der Waals surface area contributed by atoms with Gasteiger partial charge < -0.3 is 0 Å². The average molecular weight is 265 g/mol. The zero-order chi connectivity index (χ0) is 13.9. The van der Waals surface area contributed by atoms with Gasteiger partial charge in [0.2, 0.25) is 0 Å². The second kappa shape index (κ2) is 9.99. The van der Waals surface area contributed by atoms with Gasteiger partial charge in [-0.2, -0.15) is 5.10 Å². The van der Waals surface area contributed by atoms with E-state index >= 15 is 0 Å². The highest BCUT2D eigenvalue weighted by Crippen LogP contribution is 2.26. The van der Waals surface area contributed by atoms with E-state index in [-0.39, 0.29) is 0 Å². The van der Waals surface area contributed by atoms with Crippen molar-refractivity contribution in [3.8, 4) is 0 Å². The molecule has 0 spiro atoms. The molecule has 1 aromatic heterocycles. The molecule has 1 rings (SSSR count). The molecule has 0 bridgehead atoms. The molecule has 3 nitrogen and oxygen atoms in total. The van der Waals surface area contributed by atoms with Gasteiger partial charge in [0, 0.05) is 6.54 Å². The first-order chi connectivity index (χ1) is 9.27. The summed E-state index contributed by atoms with van der Waals surface area (Å²) in [6.07, 6.45) is 14.4. The largest absolute Gasteiger partial charge is 0.253 e. The van der Waals surface area contributed by atoms with Crippen molar-refractivity contribution in [1.82, 2.24) is 14.8 Å². The zero-order valence-corrected chi connectivity index (χ0v) is 13.0. The first-order valence-corrected chi connectivity index (χ1v) is 8.10. The molecule has 0 amide bonds. The van der Waals surface area contributed by atoms with Crippen molar-refractivity contribution in [1.29, 1.82) is 0 Å². The summed E-state index contributed by atoms with van der Waals surface area (Å²) in [6.45, 7) is 7.96. The topological polar surface area (TPSA) is 30.7 Å². The predicted octanol–water partition coefficient (Wildman–Crippen LogP) is 4.69. The van der Waals surface area contributed by atoms with E-state index in [4.69, 9.17) is 0 Å². The summed E-state index contributed by atoms with van der Waals surface area (Å²) >= 11 is 0. The van der Waals surface area contributed by atoms with Crippen molar-refractivity contribution >= 4 is 0 Å². The van der Waals surface area contributed by atoms with E-state index in [1.807, 2.05) is 11.0 Å². The lowest BCUT2D eigenvalue weighted by molar-refractivity contribution is 0.262. The van der Waals surface area contributed by atoms with Gasteiger partial charge in [-0.15, -0.1) is 0 Å². The van der Waals surface area contributed by atoms with E-state index in [2.05, 4.69) is 30.9 Å². The number of hydrogen-bond acceptors (Lipinski definition) is 2. The third kappa shape index (κ3) is 6.74. The second-order valence-electron chi connectivity index (χ2n) is 5.85. The van der Waals surface area contributed by atoms with Gasteiger partial charge in [0.05, 0.1) is 0 Å². The number of aromatic nitrogens is 3. The minimum Gasteiger partial charge on any atom is -0.253 e. The Kier molecular flexibility index (Phi) is 8.52. The lowest BCUT2D eigenvalue weighted by atomic mass is 9.85. The van der Waals surface area contributed by atoms with Crippen LogP contribution in [0.4, 0.5) is 0 Å². The van der Waals surface area contributed by atoms with Gasteiger partial charge in [0.1, 0.15) is 12.7 Å². The maximum atomic E-state index is 4.23. The molecule has 0 radical (unpaired) electrons. The molecule has 2 unspecified atom stereocenters. The molecule has 19 heavy (non-hydrogen) atoms. The number of nitrogens with zero attached hydrogens (tertiary/aromatic N) is 3. The molecular weight excluding hydrogens is 234 g/mol. The van der Waals surface area contributed by atoms with Gasteiger partial charge in [-0.25, -0.2) is 4.98 Å². The van der Waals surface area contributed by atoms with Crippen molar-refractivity contribution in [3.05, 3.63) is 12.7 Å². The van der Waals surface area contributed by atoms with Crippen LogP contribution in [0.1, 0.15) is 72.1 Å². The normalized spacial score (nSPS) is 14.5. The van der Waals surface area contributed by atoms with Crippen LogP contribution in [0, 0.1) is 11.8 Å². The van der Waals surface area contributed by atoms with Crippen LogP contribution < -0.4 is 0 Å². The Balaban J connectivity index is 2.37. The van der Waals surface area contributed by atoms with Gasteiger partial charge in [-0.1, -0.05) is 72.1 Å². The molecule has 110 valence electrons.